The number of hydrogen-bond donors (Lipinski definition) is 1. The van der Waals surface area contributed by atoms with Crippen LogP contribution in [0.15, 0.2) is 24.3 Å². The Hall–Kier alpha value is -1.79. The second-order valence-corrected chi connectivity index (χ2v) is 7.35. The quantitative estimate of drug-likeness (QED) is 0.799. The van der Waals surface area contributed by atoms with Crippen molar-refractivity contribution in [3.8, 4) is 5.75 Å². The molecule has 2 heterocycles. The average molecular weight is 396 g/mol. The van der Waals surface area contributed by atoms with Gasteiger partial charge in [0.15, 0.2) is 0 Å². The molecule has 150 valence electrons. The van der Waals surface area contributed by atoms with Crippen LogP contribution in [0, 0.1) is 11.8 Å². The first-order valence-electron chi connectivity index (χ1n) is 9.44. The summed E-state index contributed by atoms with van der Waals surface area (Å²) < 4.78 is 5.16. The molecule has 0 aliphatic carbocycles. The Labute approximate surface area is 167 Å². The van der Waals surface area contributed by atoms with Crippen molar-refractivity contribution >= 4 is 24.2 Å². The lowest BCUT2D eigenvalue weighted by atomic mass is 9.95. The van der Waals surface area contributed by atoms with Gasteiger partial charge >= 0.3 is 0 Å². The number of benzene rings is 1. The highest BCUT2D eigenvalue weighted by Gasteiger charge is 2.37. The topological polar surface area (TPSA) is 61.9 Å². The van der Waals surface area contributed by atoms with E-state index in [1.165, 1.54) is 0 Å². The van der Waals surface area contributed by atoms with Gasteiger partial charge in [0.25, 0.3) is 0 Å². The molecule has 27 heavy (non-hydrogen) atoms. The fourth-order valence-electron chi connectivity index (χ4n) is 3.95. The molecule has 1 aromatic rings. The maximum Gasteiger partial charge on any atom is 0.227 e. The number of rotatable bonds is 6. The molecule has 3 rings (SSSR count). The Kier molecular flexibility index (Phi) is 7.92. The monoisotopic (exact) mass is 395 g/mol. The molecular formula is C20H30ClN3O3. The van der Waals surface area contributed by atoms with Gasteiger partial charge in [-0.25, -0.2) is 0 Å². The van der Waals surface area contributed by atoms with Gasteiger partial charge in [-0.1, -0.05) is 12.1 Å². The zero-order valence-electron chi connectivity index (χ0n) is 16.1. The maximum absolute atomic E-state index is 12.8. The molecule has 0 bridgehead atoms. The highest BCUT2D eigenvalue weighted by atomic mass is 35.5. The third-order valence-electron chi connectivity index (χ3n) is 5.52. The molecule has 2 aliphatic rings. The van der Waals surface area contributed by atoms with Gasteiger partial charge in [-0.05, 0) is 50.0 Å². The maximum atomic E-state index is 12.8. The number of amides is 2. The van der Waals surface area contributed by atoms with Crippen molar-refractivity contribution in [2.75, 3.05) is 40.3 Å². The highest BCUT2D eigenvalue weighted by Crippen LogP contribution is 2.25. The van der Waals surface area contributed by atoms with E-state index in [0.29, 0.717) is 25.4 Å². The van der Waals surface area contributed by atoms with Crippen LogP contribution in [-0.2, 0) is 16.1 Å². The van der Waals surface area contributed by atoms with Gasteiger partial charge in [-0.3, -0.25) is 9.59 Å². The van der Waals surface area contributed by atoms with E-state index in [-0.39, 0.29) is 30.1 Å². The first kappa shape index (κ1) is 21.5. The third kappa shape index (κ3) is 5.36. The van der Waals surface area contributed by atoms with Crippen LogP contribution in [0.3, 0.4) is 0 Å². The molecule has 1 atom stereocenters. The zero-order valence-corrected chi connectivity index (χ0v) is 17.0. The van der Waals surface area contributed by atoms with E-state index in [0.717, 1.165) is 43.8 Å². The zero-order chi connectivity index (χ0) is 18.5. The van der Waals surface area contributed by atoms with Crippen molar-refractivity contribution in [2.24, 2.45) is 11.8 Å². The summed E-state index contributed by atoms with van der Waals surface area (Å²) in [4.78, 5) is 28.9. The molecule has 2 saturated heterocycles. The number of piperidine rings is 1. The number of methoxy groups -OCH3 is 1. The van der Waals surface area contributed by atoms with Crippen molar-refractivity contribution < 1.29 is 14.3 Å². The summed E-state index contributed by atoms with van der Waals surface area (Å²) in [6.07, 6.45) is 2.43. The standard InChI is InChI=1S/C20H29N3O3.ClH/c1-21-12-15-7-9-22(10-8-15)20(25)17-11-19(24)23(14-17)13-16-3-5-18(26-2)6-4-16;/h3-6,15,17,21H,7-14H2,1-2H3;1H. The summed E-state index contributed by atoms with van der Waals surface area (Å²) in [5.74, 6) is 1.49. The molecule has 7 heteroatoms. The number of likely N-dealkylation sites (tertiary alicyclic amines) is 2. The lowest BCUT2D eigenvalue weighted by Crippen LogP contribution is -2.43. The summed E-state index contributed by atoms with van der Waals surface area (Å²) in [7, 11) is 3.61. The van der Waals surface area contributed by atoms with Crippen molar-refractivity contribution in [2.45, 2.75) is 25.8 Å². The Morgan fingerprint density at radius 2 is 1.89 bits per heavy atom. The van der Waals surface area contributed by atoms with Crippen molar-refractivity contribution in [3.05, 3.63) is 29.8 Å². The molecule has 0 spiro atoms. The Morgan fingerprint density at radius 3 is 2.48 bits per heavy atom. The fraction of sp³-hybridized carbons (Fsp3) is 0.600. The average Bonchev–Trinajstić information content (AvgIpc) is 3.03. The van der Waals surface area contributed by atoms with E-state index in [4.69, 9.17) is 4.74 Å². The van der Waals surface area contributed by atoms with Gasteiger partial charge in [0.05, 0.1) is 13.0 Å². The minimum atomic E-state index is -0.193. The molecule has 0 saturated carbocycles. The molecule has 1 aromatic carbocycles. The minimum absolute atomic E-state index is 0. The Balaban J connectivity index is 0.00000261. The summed E-state index contributed by atoms with van der Waals surface area (Å²) in [6, 6.07) is 7.73. The molecule has 0 aromatic heterocycles. The predicted octanol–water partition coefficient (Wildman–Crippen LogP) is 1.92. The van der Waals surface area contributed by atoms with Gasteiger partial charge < -0.3 is 19.9 Å². The Morgan fingerprint density at radius 1 is 1.22 bits per heavy atom. The molecule has 1 unspecified atom stereocenters. The van der Waals surface area contributed by atoms with Crippen molar-refractivity contribution in [3.63, 3.8) is 0 Å². The lowest BCUT2D eigenvalue weighted by molar-refractivity contribution is -0.137. The number of carbonyl (C=O) groups is 2. The van der Waals surface area contributed by atoms with Crippen LogP contribution in [0.25, 0.3) is 0 Å². The SMILES string of the molecule is CNCC1CCN(C(=O)C2CC(=O)N(Cc3ccc(OC)cc3)C2)CC1.Cl. The fourth-order valence-corrected chi connectivity index (χ4v) is 3.95. The van der Waals surface area contributed by atoms with E-state index < -0.39 is 0 Å². The van der Waals surface area contributed by atoms with E-state index >= 15 is 0 Å². The normalized spacial score (nSPS) is 20.5. The molecule has 1 N–H and O–H groups in total. The number of halogens is 1. The molecule has 2 aliphatic heterocycles. The van der Waals surface area contributed by atoms with Gasteiger partial charge in [0.1, 0.15) is 5.75 Å². The van der Waals surface area contributed by atoms with Crippen LogP contribution in [0.4, 0.5) is 0 Å². The summed E-state index contributed by atoms with van der Waals surface area (Å²) in [5, 5.41) is 3.22. The molecule has 0 radical (unpaired) electrons. The van der Waals surface area contributed by atoms with Gasteiger partial charge in [-0.2, -0.15) is 0 Å². The second kappa shape index (κ2) is 9.95. The van der Waals surface area contributed by atoms with Gasteiger partial charge in [-0.15, -0.1) is 12.4 Å². The number of carbonyl (C=O) groups excluding carboxylic acids is 2. The first-order valence-corrected chi connectivity index (χ1v) is 9.44. The van der Waals surface area contributed by atoms with Crippen LogP contribution in [-0.4, -0.2) is 62.0 Å². The minimum Gasteiger partial charge on any atom is -0.497 e. The summed E-state index contributed by atoms with van der Waals surface area (Å²) in [6.45, 7) is 3.72. The first-order chi connectivity index (χ1) is 12.6. The highest BCUT2D eigenvalue weighted by molar-refractivity contribution is 5.89. The number of ether oxygens (including phenoxy) is 1. The summed E-state index contributed by atoms with van der Waals surface area (Å²) in [5.41, 5.74) is 1.06. The summed E-state index contributed by atoms with van der Waals surface area (Å²) >= 11 is 0. The third-order valence-corrected chi connectivity index (χ3v) is 5.52. The molecule has 2 fully saturated rings. The molecule has 2 amide bonds. The number of hydrogen-bond acceptors (Lipinski definition) is 4. The van der Waals surface area contributed by atoms with Gasteiger partial charge in [0.2, 0.25) is 11.8 Å². The van der Waals surface area contributed by atoms with Crippen LogP contribution < -0.4 is 10.1 Å². The largest absolute Gasteiger partial charge is 0.497 e. The number of nitrogens with zero attached hydrogens (tertiary/aromatic N) is 2. The van der Waals surface area contributed by atoms with E-state index in [9.17, 15) is 9.59 Å². The van der Waals surface area contributed by atoms with Crippen LogP contribution in [0.5, 0.6) is 5.75 Å². The van der Waals surface area contributed by atoms with E-state index in [1.807, 2.05) is 36.2 Å². The van der Waals surface area contributed by atoms with Crippen LogP contribution in [0.2, 0.25) is 0 Å². The smallest absolute Gasteiger partial charge is 0.227 e. The predicted molar refractivity (Wildman–Crippen MR) is 107 cm³/mol. The number of nitrogens with one attached hydrogen (secondary N) is 1. The van der Waals surface area contributed by atoms with E-state index in [2.05, 4.69) is 5.32 Å². The van der Waals surface area contributed by atoms with Gasteiger partial charge in [0, 0.05) is 32.6 Å². The lowest BCUT2D eigenvalue weighted by Gasteiger charge is -2.33. The van der Waals surface area contributed by atoms with Crippen LogP contribution in [0.1, 0.15) is 24.8 Å². The second-order valence-electron chi connectivity index (χ2n) is 7.35. The van der Waals surface area contributed by atoms with Crippen LogP contribution >= 0.6 is 12.4 Å². The molecule has 6 nitrogen and oxygen atoms in total. The van der Waals surface area contributed by atoms with Crippen molar-refractivity contribution in [1.29, 1.82) is 0 Å². The van der Waals surface area contributed by atoms with Crippen molar-refractivity contribution in [1.82, 2.24) is 15.1 Å². The Bertz CT molecular complexity index is 630. The molecular weight excluding hydrogens is 366 g/mol. The van der Waals surface area contributed by atoms with E-state index in [1.54, 1.807) is 12.0 Å².